The van der Waals surface area contributed by atoms with Crippen molar-refractivity contribution in [1.29, 1.82) is 0 Å². The van der Waals surface area contributed by atoms with Crippen LogP contribution in [0.25, 0.3) is 0 Å². The van der Waals surface area contributed by atoms with Crippen molar-refractivity contribution in [2.75, 3.05) is 33.4 Å². The van der Waals surface area contributed by atoms with Crippen LogP contribution in [0.1, 0.15) is 49.9 Å². The van der Waals surface area contributed by atoms with E-state index >= 15 is 0 Å². The summed E-state index contributed by atoms with van der Waals surface area (Å²) in [5.74, 6) is 1.46. The molecule has 3 N–H and O–H groups in total. The first-order valence-corrected chi connectivity index (χ1v) is 10.0. The summed E-state index contributed by atoms with van der Waals surface area (Å²) in [5, 5.41) is 2.89. The van der Waals surface area contributed by atoms with Crippen molar-refractivity contribution < 1.29 is 19.1 Å². The smallest absolute Gasteiger partial charge is 0.254 e. The van der Waals surface area contributed by atoms with Crippen molar-refractivity contribution >= 4 is 11.8 Å². The van der Waals surface area contributed by atoms with E-state index < -0.39 is 0 Å². The van der Waals surface area contributed by atoms with Crippen molar-refractivity contribution in [2.24, 2.45) is 11.7 Å². The van der Waals surface area contributed by atoms with E-state index in [0.29, 0.717) is 55.6 Å². The lowest BCUT2D eigenvalue weighted by Crippen LogP contribution is -2.49. The standard InChI is InChI=1S/C21H33N3O4/c1-15(2)14-28-18-8-7-16(12-19(18)27-3)21(26)24-11-5-4-6-17(24)13-23-20(25)9-10-22/h7-8,12,15,17H,4-6,9-11,13-14,22H2,1-3H3,(H,23,25). The molecule has 0 radical (unpaired) electrons. The number of rotatable bonds is 9. The number of nitrogens with one attached hydrogen (secondary N) is 1. The fourth-order valence-corrected chi connectivity index (χ4v) is 3.27. The van der Waals surface area contributed by atoms with Crippen molar-refractivity contribution in [3.05, 3.63) is 23.8 Å². The summed E-state index contributed by atoms with van der Waals surface area (Å²) in [6.07, 6.45) is 3.19. The van der Waals surface area contributed by atoms with Crippen molar-refractivity contribution in [1.82, 2.24) is 10.2 Å². The lowest BCUT2D eigenvalue weighted by atomic mass is 10.0. The number of nitrogens with two attached hydrogens (primary N) is 1. The lowest BCUT2D eigenvalue weighted by molar-refractivity contribution is -0.121. The zero-order valence-electron chi connectivity index (χ0n) is 17.2. The number of piperidine rings is 1. The van der Waals surface area contributed by atoms with Gasteiger partial charge in [0.25, 0.3) is 5.91 Å². The minimum atomic E-state index is -0.0752. The van der Waals surface area contributed by atoms with E-state index in [0.717, 1.165) is 19.3 Å². The van der Waals surface area contributed by atoms with Gasteiger partial charge >= 0.3 is 0 Å². The van der Waals surface area contributed by atoms with E-state index in [-0.39, 0.29) is 17.9 Å². The molecule has 1 aromatic rings. The maximum absolute atomic E-state index is 13.1. The second-order valence-electron chi connectivity index (χ2n) is 7.56. The number of hydrogen-bond donors (Lipinski definition) is 2. The van der Waals surface area contributed by atoms with Crippen LogP contribution in [-0.4, -0.2) is 56.1 Å². The van der Waals surface area contributed by atoms with Gasteiger partial charge in [-0.1, -0.05) is 13.8 Å². The Hall–Kier alpha value is -2.28. The molecule has 7 nitrogen and oxygen atoms in total. The Bertz CT molecular complexity index is 663. The second-order valence-corrected chi connectivity index (χ2v) is 7.56. The van der Waals surface area contributed by atoms with Crippen LogP contribution in [-0.2, 0) is 4.79 Å². The second kappa shape index (κ2) is 10.9. The Morgan fingerprint density at radius 1 is 1.29 bits per heavy atom. The summed E-state index contributed by atoms with van der Waals surface area (Å²) in [6.45, 7) is 6.20. The maximum Gasteiger partial charge on any atom is 0.254 e. The molecule has 1 aliphatic rings. The first kappa shape index (κ1) is 22.0. The van der Waals surface area contributed by atoms with Gasteiger partial charge in [0.15, 0.2) is 11.5 Å². The minimum absolute atomic E-state index is 0.00848. The molecule has 0 aliphatic carbocycles. The van der Waals surface area contributed by atoms with Crippen LogP contribution >= 0.6 is 0 Å². The third kappa shape index (κ3) is 6.12. The summed E-state index contributed by atoms with van der Waals surface area (Å²) in [7, 11) is 1.57. The molecule has 1 aliphatic heterocycles. The molecular formula is C21H33N3O4. The van der Waals surface area contributed by atoms with Gasteiger partial charge < -0.3 is 25.4 Å². The van der Waals surface area contributed by atoms with Crippen LogP contribution in [0, 0.1) is 5.92 Å². The lowest BCUT2D eigenvalue weighted by Gasteiger charge is -2.36. The van der Waals surface area contributed by atoms with Crippen LogP contribution in [0.3, 0.4) is 0 Å². The molecule has 2 amide bonds. The Morgan fingerprint density at radius 2 is 2.07 bits per heavy atom. The Labute approximate surface area is 167 Å². The molecule has 0 aromatic heterocycles. The molecule has 1 saturated heterocycles. The highest BCUT2D eigenvalue weighted by molar-refractivity contribution is 5.95. The van der Waals surface area contributed by atoms with Gasteiger partial charge in [-0.15, -0.1) is 0 Å². The molecule has 2 rings (SSSR count). The zero-order valence-corrected chi connectivity index (χ0v) is 17.2. The zero-order chi connectivity index (χ0) is 20.5. The number of nitrogens with zero attached hydrogens (tertiary/aromatic N) is 1. The highest BCUT2D eigenvalue weighted by Gasteiger charge is 2.28. The molecule has 0 saturated carbocycles. The van der Waals surface area contributed by atoms with Crippen molar-refractivity contribution in [3.8, 4) is 11.5 Å². The van der Waals surface area contributed by atoms with Crippen LogP contribution < -0.4 is 20.5 Å². The predicted octanol–water partition coefficient (Wildman–Crippen LogP) is 2.19. The third-order valence-corrected chi connectivity index (χ3v) is 4.78. The van der Waals surface area contributed by atoms with Gasteiger partial charge in [-0.05, 0) is 43.4 Å². The Kier molecular flexibility index (Phi) is 8.57. The van der Waals surface area contributed by atoms with Crippen LogP contribution in [0.5, 0.6) is 11.5 Å². The number of carbonyl (C=O) groups excluding carboxylic acids is 2. The van der Waals surface area contributed by atoms with Gasteiger partial charge in [0.1, 0.15) is 0 Å². The highest BCUT2D eigenvalue weighted by Crippen LogP contribution is 2.30. The fraction of sp³-hybridized carbons (Fsp3) is 0.619. The van der Waals surface area contributed by atoms with Gasteiger partial charge in [0.2, 0.25) is 5.91 Å². The van der Waals surface area contributed by atoms with Gasteiger partial charge in [0.05, 0.1) is 13.7 Å². The Morgan fingerprint density at radius 3 is 2.75 bits per heavy atom. The normalized spacial score (nSPS) is 16.8. The summed E-state index contributed by atoms with van der Waals surface area (Å²) in [4.78, 5) is 26.7. The molecular weight excluding hydrogens is 358 g/mol. The largest absolute Gasteiger partial charge is 0.493 e. The van der Waals surface area contributed by atoms with Gasteiger partial charge in [-0.3, -0.25) is 9.59 Å². The Balaban J connectivity index is 2.09. The van der Waals surface area contributed by atoms with E-state index in [9.17, 15) is 9.59 Å². The van der Waals surface area contributed by atoms with E-state index in [1.165, 1.54) is 0 Å². The molecule has 1 unspecified atom stereocenters. The van der Waals surface area contributed by atoms with E-state index in [4.69, 9.17) is 15.2 Å². The molecule has 0 bridgehead atoms. The molecule has 1 atom stereocenters. The summed E-state index contributed by atoms with van der Waals surface area (Å²) < 4.78 is 11.2. The summed E-state index contributed by atoms with van der Waals surface area (Å²) >= 11 is 0. The quantitative estimate of drug-likeness (QED) is 0.673. The SMILES string of the molecule is COc1cc(C(=O)N2CCCCC2CNC(=O)CCN)ccc1OCC(C)C. The van der Waals surface area contributed by atoms with Gasteiger partial charge in [-0.2, -0.15) is 0 Å². The maximum atomic E-state index is 13.1. The fourth-order valence-electron chi connectivity index (χ4n) is 3.27. The number of likely N-dealkylation sites (tertiary alicyclic amines) is 1. The third-order valence-electron chi connectivity index (χ3n) is 4.78. The summed E-state index contributed by atoms with van der Waals surface area (Å²) in [6, 6.07) is 5.29. The number of benzene rings is 1. The number of carbonyl (C=O) groups is 2. The average molecular weight is 392 g/mol. The first-order valence-electron chi connectivity index (χ1n) is 10.0. The van der Waals surface area contributed by atoms with Crippen molar-refractivity contribution in [3.63, 3.8) is 0 Å². The summed E-state index contributed by atoms with van der Waals surface area (Å²) in [5.41, 5.74) is 5.98. The number of hydrogen-bond acceptors (Lipinski definition) is 5. The predicted molar refractivity (Wildman–Crippen MR) is 109 cm³/mol. The van der Waals surface area contributed by atoms with E-state index in [1.54, 1.807) is 25.3 Å². The average Bonchev–Trinajstić information content (AvgIpc) is 2.70. The first-order chi connectivity index (χ1) is 13.5. The van der Waals surface area contributed by atoms with Crippen LogP contribution in [0.15, 0.2) is 18.2 Å². The van der Waals surface area contributed by atoms with E-state index in [2.05, 4.69) is 19.2 Å². The van der Waals surface area contributed by atoms with Crippen molar-refractivity contribution in [2.45, 2.75) is 45.6 Å². The molecule has 28 heavy (non-hydrogen) atoms. The molecule has 1 aromatic carbocycles. The monoisotopic (exact) mass is 391 g/mol. The molecule has 0 spiro atoms. The molecule has 1 fully saturated rings. The topological polar surface area (TPSA) is 93.9 Å². The minimum Gasteiger partial charge on any atom is -0.493 e. The number of amides is 2. The number of ether oxygens (including phenoxy) is 2. The van der Waals surface area contributed by atoms with Gasteiger partial charge in [-0.25, -0.2) is 0 Å². The molecule has 1 heterocycles. The van der Waals surface area contributed by atoms with Gasteiger partial charge in [0, 0.05) is 37.7 Å². The molecule has 156 valence electrons. The van der Waals surface area contributed by atoms with E-state index in [1.807, 2.05) is 4.90 Å². The highest BCUT2D eigenvalue weighted by atomic mass is 16.5. The van der Waals surface area contributed by atoms with Crippen LogP contribution in [0.4, 0.5) is 0 Å². The molecule has 7 heteroatoms. The van der Waals surface area contributed by atoms with Crippen LogP contribution in [0.2, 0.25) is 0 Å². The number of methoxy groups -OCH3 is 1.